The molecule has 1 aromatic rings. The second-order valence-electron chi connectivity index (χ2n) is 6.11. The average molecular weight is 316 g/mol. The molecule has 2 rings (SSSR count). The molecule has 3 nitrogen and oxygen atoms in total. The van der Waals surface area contributed by atoms with Gasteiger partial charge in [-0.25, -0.2) is 0 Å². The number of benzene rings is 1. The second kappa shape index (κ2) is 7.33. The Kier molecular flexibility index (Phi) is 5.69. The maximum atomic E-state index is 12.4. The molecule has 1 aliphatic rings. The monoisotopic (exact) mass is 316 g/mol. The molecule has 1 heterocycles. The van der Waals surface area contributed by atoms with E-state index in [4.69, 9.17) is 0 Å². The van der Waals surface area contributed by atoms with Crippen molar-refractivity contribution in [1.82, 2.24) is 10.2 Å². The van der Waals surface area contributed by atoms with Gasteiger partial charge in [0, 0.05) is 25.2 Å². The van der Waals surface area contributed by atoms with E-state index in [1.54, 1.807) is 12.1 Å². The molecule has 0 spiro atoms. The summed E-state index contributed by atoms with van der Waals surface area (Å²) in [7, 11) is 0. The highest BCUT2D eigenvalue weighted by Crippen LogP contribution is 2.20. The van der Waals surface area contributed by atoms with Gasteiger partial charge in [0.15, 0.2) is 0 Å². The molecule has 2 atom stereocenters. The number of aryl methyl sites for hydroxylation is 1. The predicted molar refractivity (Wildman–Crippen MR) is 79.9 cm³/mol. The molecule has 0 aromatic heterocycles. The minimum absolute atomic E-state index is 0.136. The Morgan fingerprint density at radius 2 is 2.00 bits per heavy atom. The van der Waals surface area contributed by atoms with Crippen molar-refractivity contribution in [3.05, 3.63) is 29.8 Å². The zero-order chi connectivity index (χ0) is 16.2. The van der Waals surface area contributed by atoms with Gasteiger partial charge >= 0.3 is 6.18 Å². The Labute approximate surface area is 129 Å². The van der Waals surface area contributed by atoms with Crippen LogP contribution in [0.1, 0.15) is 25.3 Å². The number of phenols is 1. The quantitative estimate of drug-likeness (QED) is 0.847. The molecule has 1 saturated heterocycles. The van der Waals surface area contributed by atoms with Gasteiger partial charge < -0.3 is 10.4 Å². The van der Waals surface area contributed by atoms with Gasteiger partial charge in [0.2, 0.25) is 0 Å². The molecule has 124 valence electrons. The van der Waals surface area contributed by atoms with E-state index in [2.05, 4.69) is 12.2 Å². The third-order valence-electron chi connectivity index (χ3n) is 4.00. The normalized spacial score (nSPS) is 21.2. The van der Waals surface area contributed by atoms with Gasteiger partial charge in [-0.1, -0.05) is 12.1 Å². The van der Waals surface area contributed by atoms with Crippen molar-refractivity contribution in [2.24, 2.45) is 0 Å². The van der Waals surface area contributed by atoms with Gasteiger partial charge in [-0.05, 0) is 43.9 Å². The van der Waals surface area contributed by atoms with E-state index in [0.717, 1.165) is 24.8 Å². The summed E-state index contributed by atoms with van der Waals surface area (Å²) in [6.07, 6.45) is -1.55. The number of likely N-dealkylation sites (tertiary alicyclic amines) is 1. The van der Waals surface area contributed by atoms with Crippen LogP contribution in [0.15, 0.2) is 24.3 Å². The summed E-state index contributed by atoms with van der Waals surface area (Å²) in [4.78, 5) is 1.46. The van der Waals surface area contributed by atoms with E-state index < -0.39 is 12.7 Å². The van der Waals surface area contributed by atoms with E-state index in [1.165, 1.54) is 4.90 Å². The maximum Gasteiger partial charge on any atom is 0.401 e. The summed E-state index contributed by atoms with van der Waals surface area (Å²) < 4.78 is 37.1. The smallest absolute Gasteiger partial charge is 0.401 e. The highest BCUT2D eigenvalue weighted by Gasteiger charge is 2.34. The van der Waals surface area contributed by atoms with Crippen LogP contribution in [-0.4, -0.2) is 47.9 Å². The molecule has 2 N–H and O–H groups in total. The van der Waals surface area contributed by atoms with Crippen LogP contribution < -0.4 is 5.32 Å². The SMILES string of the molecule is C[C@@H](CCc1ccc(O)cc1)N[C@@H]1CCN(CC(F)(F)F)C1. The first-order chi connectivity index (χ1) is 10.3. The van der Waals surface area contributed by atoms with Crippen molar-refractivity contribution in [2.75, 3.05) is 19.6 Å². The predicted octanol–water partition coefficient (Wildman–Crippen LogP) is 2.94. The molecule has 0 saturated carbocycles. The molecule has 0 aliphatic carbocycles. The summed E-state index contributed by atoms with van der Waals surface area (Å²) in [6, 6.07) is 7.51. The fourth-order valence-electron chi connectivity index (χ4n) is 2.90. The van der Waals surface area contributed by atoms with Gasteiger partial charge in [0.05, 0.1) is 6.54 Å². The summed E-state index contributed by atoms with van der Waals surface area (Å²) in [5.41, 5.74) is 1.15. The van der Waals surface area contributed by atoms with E-state index in [-0.39, 0.29) is 17.8 Å². The number of hydrogen-bond donors (Lipinski definition) is 2. The zero-order valence-electron chi connectivity index (χ0n) is 12.7. The molecule has 0 bridgehead atoms. The molecule has 1 aromatic carbocycles. The third-order valence-corrected chi connectivity index (χ3v) is 4.00. The lowest BCUT2D eigenvalue weighted by Gasteiger charge is -2.21. The number of phenolic OH excluding ortho intramolecular Hbond substituents is 1. The van der Waals surface area contributed by atoms with Crippen LogP contribution in [-0.2, 0) is 6.42 Å². The van der Waals surface area contributed by atoms with E-state index in [1.807, 2.05) is 12.1 Å². The fourth-order valence-corrected chi connectivity index (χ4v) is 2.90. The number of alkyl halides is 3. The average Bonchev–Trinajstić information content (AvgIpc) is 2.83. The lowest BCUT2D eigenvalue weighted by molar-refractivity contribution is -0.143. The molecule has 0 unspecified atom stereocenters. The van der Waals surface area contributed by atoms with Crippen molar-refractivity contribution < 1.29 is 18.3 Å². The van der Waals surface area contributed by atoms with Crippen LogP contribution in [0.25, 0.3) is 0 Å². The van der Waals surface area contributed by atoms with Gasteiger partial charge in [-0.3, -0.25) is 4.90 Å². The zero-order valence-corrected chi connectivity index (χ0v) is 12.7. The summed E-state index contributed by atoms with van der Waals surface area (Å²) >= 11 is 0. The first-order valence-electron chi connectivity index (χ1n) is 7.65. The molecular formula is C16H23F3N2O. The summed E-state index contributed by atoms with van der Waals surface area (Å²) in [6.45, 7) is 2.21. The van der Waals surface area contributed by atoms with Crippen molar-refractivity contribution >= 4 is 0 Å². The Morgan fingerprint density at radius 3 is 2.64 bits per heavy atom. The lowest BCUT2D eigenvalue weighted by Crippen LogP contribution is -2.40. The van der Waals surface area contributed by atoms with Crippen LogP contribution in [0.5, 0.6) is 5.75 Å². The second-order valence-corrected chi connectivity index (χ2v) is 6.11. The maximum absolute atomic E-state index is 12.4. The summed E-state index contributed by atoms with van der Waals surface area (Å²) in [5.74, 6) is 0.255. The van der Waals surface area contributed by atoms with E-state index in [0.29, 0.717) is 13.1 Å². The molecule has 1 fully saturated rings. The molecule has 1 aliphatic heterocycles. The van der Waals surface area contributed by atoms with Crippen LogP contribution in [0, 0.1) is 0 Å². The number of halogens is 3. The first-order valence-corrected chi connectivity index (χ1v) is 7.65. The van der Waals surface area contributed by atoms with Crippen LogP contribution >= 0.6 is 0 Å². The van der Waals surface area contributed by atoms with Gasteiger partial charge in [-0.2, -0.15) is 13.2 Å². The molecule has 0 amide bonds. The number of rotatable bonds is 6. The number of hydrogen-bond acceptors (Lipinski definition) is 3. The molecule has 0 radical (unpaired) electrons. The van der Waals surface area contributed by atoms with E-state index in [9.17, 15) is 18.3 Å². The van der Waals surface area contributed by atoms with Gasteiger partial charge in [0.25, 0.3) is 0 Å². The molecule has 6 heteroatoms. The van der Waals surface area contributed by atoms with Crippen LogP contribution in [0.3, 0.4) is 0 Å². The number of aromatic hydroxyl groups is 1. The highest BCUT2D eigenvalue weighted by atomic mass is 19.4. The Hall–Kier alpha value is -1.27. The number of nitrogens with zero attached hydrogens (tertiary/aromatic N) is 1. The van der Waals surface area contributed by atoms with Crippen molar-refractivity contribution in [3.63, 3.8) is 0 Å². The Morgan fingerprint density at radius 1 is 1.32 bits per heavy atom. The Balaban J connectivity index is 1.69. The topological polar surface area (TPSA) is 35.5 Å². The third kappa shape index (κ3) is 5.85. The fraction of sp³-hybridized carbons (Fsp3) is 0.625. The van der Waals surface area contributed by atoms with Gasteiger partial charge in [-0.15, -0.1) is 0 Å². The highest BCUT2D eigenvalue weighted by molar-refractivity contribution is 5.25. The van der Waals surface area contributed by atoms with E-state index >= 15 is 0 Å². The van der Waals surface area contributed by atoms with Crippen LogP contribution in [0.2, 0.25) is 0 Å². The standard InChI is InChI=1S/C16H23F3N2O/c1-12(2-3-13-4-6-15(22)7-5-13)20-14-8-9-21(10-14)11-16(17,18)19/h4-7,12,14,20,22H,2-3,8-11H2,1H3/t12-,14+/m0/s1. The van der Waals surface area contributed by atoms with Crippen LogP contribution in [0.4, 0.5) is 13.2 Å². The van der Waals surface area contributed by atoms with Crippen molar-refractivity contribution in [3.8, 4) is 5.75 Å². The molecule has 22 heavy (non-hydrogen) atoms. The molecular weight excluding hydrogens is 293 g/mol. The number of nitrogens with one attached hydrogen (secondary N) is 1. The van der Waals surface area contributed by atoms with Crippen molar-refractivity contribution in [1.29, 1.82) is 0 Å². The minimum Gasteiger partial charge on any atom is -0.508 e. The van der Waals surface area contributed by atoms with Crippen molar-refractivity contribution in [2.45, 2.75) is 44.4 Å². The Bertz CT molecular complexity index is 461. The first kappa shape index (κ1) is 17.1. The largest absolute Gasteiger partial charge is 0.508 e. The summed E-state index contributed by atoms with van der Waals surface area (Å²) in [5, 5.41) is 12.6. The lowest BCUT2D eigenvalue weighted by atomic mass is 10.1. The minimum atomic E-state index is -4.11. The van der Waals surface area contributed by atoms with Gasteiger partial charge in [0.1, 0.15) is 5.75 Å².